The summed E-state index contributed by atoms with van der Waals surface area (Å²) in [6.45, 7) is 9.32. The molecule has 3 aliphatic heterocycles. The summed E-state index contributed by atoms with van der Waals surface area (Å²) in [4.78, 5) is 9.82. The molecule has 3 unspecified atom stereocenters. The van der Waals surface area contributed by atoms with Gasteiger partial charge < -0.3 is 29.3 Å². The van der Waals surface area contributed by atoms with Crippen LogP contribution in [0.25, 0.3) is 0 Å². The van der Waals surface area contributed by atoms with Crippen molar-refractivity contribution in [2.45, 2.75) is 38.4 Å². The monoisotopic (exact) mass is 544 g/mol. The van der Waals surface area contributed by atoms with E-state index in [1.165, 1.54) is 12.1 Å². The van der Waals surface area contributed by atoms with E-state index in [0.29, 0.717) is 5.92 Å². The van der Waals surface area contributed by atoms with Gasteiger partial charge in [0.1, 0.15) is 11.9 Å². The number of guanidine groups is 1. The minimum atomic E-state index is 0. The molecule has 0 aliphatic carbocycles. The Bertz CT molecular complexity index is 714. The Balaban J connectivity index is 0.00000272. The first kappa shape index (κ1) is 24.4. The van der Waals surface area contributed by atoms with Crippen molar-refractivity contribution in [3.05, 3.63) is 24.3 Å². The van der Waals surface area contributed by atoms with Crippen molar-refractivity contribution in [1.29, 1.82) is 0 Å². The standard InChI is InChI=1S/C23H36N4O3.HI/c1-3-24-23(27-11-13-30-22(17-27)21-8-5-12-29-21)25-15-18-9-10-26(16-18)19-6-4-7-20(14-19)28-2;/h4,6-7,14,18,21-22H,3,5,8-13,15-17H2,1-2H3,(H,24,25);1H. The maximum Gasteiger partial charge on any atom is 0.194 e. The summed E-state index contributed by atoms with van der Waals surface area (Å²) < 4.78 is 17.3. The number of halogens is 1. The molecule has 31 heavy (non-hydrogen) atoms. The number of methoxy groups -OCH3 is 1. The molecule has 1 aromatic carbocycles. The average Bonchev–Trinajstić information content (AvgIpc) is 3.49. The number of hydrogen-bond acceptors (Lipinski definition) is 5. The minimum Gasteiger partial charge on any atom is -0.497 e. The van der Waals surface area contributed by atoms with Gasteiger partial charge in [0, 0.05) is 57.6 Å². The SMILES string of the molecule is CCNC(=NCC1CCN(c2cccc(OC)c2)C1)N1CCOC(C2CCCO2)C1.I. The van der Waals surface area contributed by atoms with Crippen molar-refractivity contribution in [3.63, 3.8) is 0 Å². The van der Waals surface area contributed by atoms with Crippen molar-refractivity contribution in [2.75, 3.05) is 64.5 Å². The lowest BCUT2D eigenvalue weighted by molar-refractivity contribution is -0.0817. The van der Waals surface area contributed by atoms with Crippen LogP contribution in [-0.2, 0) is 9.47 Å². The highest BCUT2D eigenvalue weighted by Gasteiger charge is 2.32. The Morgan fingerprint density at radius 3 is 2.81 bits per heavy atom. The van der Waals surface area contributed by atoms with Gasteiger partial charge in [0.05, 0.1) is 19.8 Å². The Morgan fingerprint density at radius 1 is 1.16 bits per heavy atom. The van der Waals surface area contributed by atoms with Crippen LogP contribution in [-0.4, -0.2) is 82.7 Å². The molecule has 3 aliphatic rings. The van der Waals surface area contributed by atoms with E-state index < -0.39 is 0 Å². The normalized spacial score (nSPS) is 26.6. The van der Waals surface area contributed by atoms with E-state index in [4.69, 9.17) is 19.2 Å². The largest absolute Gasteiger partial charge is 0.497 e. The van der Waals surface area contributed by atoms with Crippen LogP contribution >= 0.6 is 24.0 Å². The molecule has 0 spiro atoms. The van der Waals surface area contributed by atoms with E-state index in [-0.39, 0.29) is 36.2 Å². The second kappa shape index (κ2) is 12.1. The van der Waals surface area contributed by atoms with Crippen molar-refractivity contribution in [3.8, 4) is 5.75 Å². The molecule has 3 atom stereocenters. The first-order valence-electron chi connectivity index (χ1n) is 11.4. The lowest BCUT2D eigenvalue weighted by Gasteiger charge is -2.37. The van der Waals surface area contributed by atoms with Gasteiger partial charge in [0.15, 0.2) is 5.96 Å². The van der Waals surface area contributed by atoms with Crippen LogP contribution < -0.4 is 15.0 Å². The van der Waals surface area contributed by atoms with Gasteiger partial charge in [-0.05, 0) is 44.2 Å². The summed E-state index contributed by atoms with van der Waals surface area (Å²) in [7, 11) is 1.72. The third-order valence-corrected chi connectivity index (χ3v) is 6.31. The van der Waals surface area contributed by atoms with Gasteiger partial charge in [0.25, 0.3) is 0 Å². The Labute approximate surface area is 203 Å². The number of hydrogen-bond donors (Lipinski definition) is 1. The number of morpholine rings is 1. The fourth-order valence-electron chi connectivity index (χ4n) is 4.65. The third-order valence-electron chi connectivity index (χ3n) is 6.31. The van der Waals surface area contributed by atoms with Crippen LogP contribution in [0, 0.1) is 5.92 Å². The topological polar surface area (TPSA) is 58.6 Å². The van der Waals surface area contributed by atoms with E-state index in [0.717, 1.165) is 77.0 Å². The van der Waals surface area contributed by atoms with Crippen LogP contribution in [0.2, 0.25) is 0 Å². The molecule has 3 fully saturated rings. The van der Waals surface area contributed by atoms with Gasteiger partial charge in [-0.15, -0.1) is 24.0 Å². The number of benzene rings is 1. The van der Waals surface area contributed by atoms with E-state index in [2.05, 4.69) is 40.2 Å². The Kier molecular flexibility index (Phi) is 9.52. The second-order valence-electron chi connectivity index (χ2n) is 8.40. The maximum atomic E-state index is 6.01. The van der Waals surface area contributed by atoms with Gasteiger partial charge in [-0.3, -0.25) is 4.99 Å². The smallest absolute Gasteiger partial charge is 0.194 e. The van der Waals surface area contributed by atoms with Gasteiger partial charge in [0.2, 0.25) is 0 Å². The highest BCUT2D eigenvalue weighted by molar-refractivity contribution is 14.0. The van der Waals surface area contributed by atoms with Crippen LogP contribution in [0.4, 0.5) is 5.69 Å². The molecule has 0 amide bonds. The Hall–Kier alpha value is -1.26. The van der Waals surface area contributed by atoms with Gasteiger partial charge in [-0.25, -0.2) is 0 Å². The molecule has 4 rings (SSSR count). The lowest BCUT2D eigenvalue weighted by atomic mass is 10.1. The van der Waals surface area contributed by atoms with E-state index in [1.807, 2.05) is 6.07 Å². The summed E-state index contributed by atoms with van der Waals surface area (Å²) in [6.07, 6.45) is 3.81. The lowest BCUT2D eigenvalue weighted by Crippen LogP contribution is -2.53. The quantitative estimate of drug-likeness (QED) is 0.338. The van der Waals surface area contributed by atoms with E-state index in [9.17, 15) is 0 Å². The van der Waals surface area contributed by atoms with Gasteiger partial charge in [-0.2, -0.15) is 0 Å². The van der Waals surface area contributed by atoms with Crippen molar-refractivity contribution < 1.29 is 14.2 Å². The zero-order valence-electron chi connectivity index (χ0n) is 18.8. The molecule has 0 saturated carbocycles. The fourth-order valence-corrected chi connectivity index (χ4v) is 4.65. The summed E-state index contributed by atoms with van der Waals surface area (Å²) >= 11 is 0. The van der Waals surface area contributed by atoms with Gasteiger partial charge in [-0.1, -0.05) is 6.07 Å². The molecular weight excluding hydrogens is 507 g/mol. The molecule has 3 heterocycles. The number of nitrogens with zero attached hydrogens (tertiary/aromatic N) is 3. The first-order valence-corrected chi connectivity index (χ1v) is 11.4. The molecule has 7 nitrogen and oxygen atoms in total. The number of nitrogens with one attached hydrogen (secondary N) is 1. The highest BCUT2D eigenvalue weighted by Crippen LogP contribution is 2.27. The van der Waals surface area contributed by atoms with Crippen LogP contribution in [0.15, 0.2) is 29.3 Å². The first-order chi connectivity index (χ1) is 14.8. The minimum absolute atomic E-state index is 0. The average molecular weight is 544 g/mol. The second-order valence-corrected chi connectivity index (χ2v) is 8.40. The number of rotatable bonds is 6. The number of aliphatic imine (C=N–C) groups is 1. The molecule has 1 aromatic rings. The summed E-state index contributed by atoms with van der Waals surface area (Å²) in [6, 6.07) is 8.34. The zero-order valence-corrected chi connectivity index (χ0v) is 21.1. The molecular formula is C23H37IN4O3. The van der Waals surface area contributed by atoms with E-state index >= 15 is 0 Å². The molecule has 0 radical (unpaired) electrons. The van der Waals surface area contributed by atoms with E-state index in [1.54, 1.807) is 7.11 Å². The predicted octanol–water partition coefficient (Wildman–Crippen LogP) is 2.98. The molecule has 8 heteroatoms. The molecule has 3 saturated heterocycles. The number of ether oxygens (including phenoxy) is 3. The summed E-state index contributed by atoms with van der Waals surface area (Å²) in [5, 5.41) is 3.49. The van der Waals surface area contributed by atoms with Crippen molar-refractivity contribution >= 4 is 35.6 Å². The predicted molar refractivity (Wildman–Crippen MR) is 135 cm³/mol. The van der Waals surface area contributed by atoms with Gasteiger partial charge >= 0.3 is 0 Å². The zero-order chi connectivity index (χ0) is 20.8. The van der Waals surface area contributed by atoms with Crippen molar-refractivity contribution in [1.82, 2.24) is 10.2 Å². The number of anilines is 1. The molecule has 0 bridgehead atoms. The third kappa shape index (κ3) is 6.38. The molecule has 0 aromatic heterocycles. The summed E-state index contributed by atoms with van der Waals surface area (Å²) in [5.41, 5.74) is 1.24. The summed E-state index contributed by atoms with van der Waals surface area (Å²) in [5.74, 6) is 2.50. The fraction of sp³-hybridized carbons (Fsp3) is 0.696. The molecule has 174 valence electrons. The highest BCUT2D eigenvalue weighted by atomic mass is 127. The molecule has 1 N–H and O–H groups in total. The maximum absolute atomic E-state index is 6.01. The van der Waals surface area contributed by atoms with Crippen LogP contribution in [0.3, 0.4) is 0 Å². The Morgan fingerprint density at radius 2 is 2.03 bits per heavy atom. The van der Waals surface area contributed by atoms with Crippen LogP contribution in [0.1, 0.15) is 26.2 Å². The van der Waals surface area contributed by atoms with Crippen LogP contribution in [0.5, 0.6) is 5.75 Å². The van der Waals surface area contributed by atoms with Crippen molar-refractivity contribution in [2.24, 2.45) is 10.9 Å².